The van der Waals surface area contributed by atoms with Gasteiger partial charge in [0.25, 0.3) is 0 Å². The van der Waals surface area contributed by atoms with E-state index < -0.39 is 16.6 Å². The van der Waals surface area contributed by atoms with Gasteiger partial charge in [0.1, 0.15) is 16.6 Å². The van der Waals surface area contributed by atoms with Crippen LogP contribution >= 0.6 is 0 Å². The number of carbonyl (C=O) groups excluding carboxylic acids is 1. The maximum atomic E-state index is 11.9. The smallest absolute Gasteiger partial charge is 0.410 e. The molecule has 1 saturated heterocycles. The molecule has 21 heavy (non-hydrogen) atoms. The molecule has 1 fully saturated rings. The molecule has 1 aliphatic heterocycles. The molecule has 0 N–H and O–H groups in total. The summed E-state index contributed by atoms with van der Waals surface area (Å²) in [6.07, 6.45) is 3.22. The Morgan fingerprint density at radius 1 is 1.19 bits per heavy atom. The van der Waals surface area contributed by atoms with Gasteiger partial charge >= 0.3 is 6.09 Å². The highest BCUT2D eigenvalue weighted by Crippen LogP contribution is 2.19. The summed E-state index contributed by atoms with van der Waals surface area (Å²) in [6, 6.07) is 0. The fraction of sp³-hybridized carbons (Fsp3) is 0.867. The van der Waals surface area contributed by atoms with Crippen LogP contribution in [0.4, 0.5) is 4.79 Å². The Hall–Kier alpha value is -0.910. The van der Waals surface area contributed by atoms with Crippen LogP contribution in [0.1, 0.15) is 54.4 Å². The number of rotatable bonds is 2. The largest absolute Gasteiger partial charge is 0.444 e. The summed E-state index contributed by atoms with van der Waals surface area (Å²) in [6.45, 7) is 12.6. The van der Waals surface area contributed by atoms with Crippen LogP contribution in [-0.2, 0) is 15.7 Å². The number of ether oxygens (including phenoxy) is 1. The van der Waals surface area contributed by atoms with Gasteiger partial charge < -0.3 is 9.64 Å². The molecular weight excluding hydrogens is 288 g/mol. The third-order valence-corrected chi connectivity index (χ3v) is 4.44. The molecule has 0 aromatic heterocycles. The molecule has 0 spiro atoms. The standard InChI is InChI=1S/C15H28N2O3S/c1-14(2,3)20-13(18)17-9-7-12(8-10-17)11-16-21(19)15(4,5)6/h11-12H,7-10H2,1-6H3/t21-/m0/s1. The van der Waals surface area contributed by atoms with Crippen molar-refractivity contribution in [3.05, 3.63) is 0 Å². The second-order valence-electron chi connectivity index (χ2n) is 7.42. The lowest BCUT2D eigenvalue weighted by Gasteiger charge is -2.32. The molecule has 0 aliphatic carbocycles. The third kappa shape index (κ3) is 6.59. The molecule has 0 unspecified atom stereocenters. The van der Waals surface area contributed by atoms with E-state index >= 15 is 0 Å². The zero-order chi connectivity index (χ0) is 16.3. The van der Waals surface area contributed by atoms with Crippen LogP contribution in [0.3, 0.4) is 0 Å². The molecule has 1 amide bonds. The van der Waals surface area contributed by atoms with Gasteiger partial charge in [-0.1, -0.05) is 0 Å². The van der Waals surface area contributed by atoms with Crippen LogP contribution in [0.15, 0.2) is 4.40 Å². The molecular formula is C15H28N2O3S. The number of nitrogens with zero attached hydrogens (tertiary/aromatic N) is 2. The van der Waals surface area contributed by atoms with E-state index in [2.05, 4.69) is 4.40 Å². The number of hydrogen-bond donors (Lipinski definition) is 0. The minimum atomic E-state index is -1.21. The Labute approximate surface area is 130 Å². The number of carbonyl (C=O) groups is 1. The van der Waals surface area contributed by atoms with E-state index in [-0.39, 0.29) is 16.8 Å². The molecule has 0 aromatic rings. The first-order chi connectivity index (χ1) is 9.49. The Morgan fingerprint density at radius 3 is 2.14 bits per heavy atom. The molecule has 0 radical (unpaired) electrons. The van der Waals surface area contributed by atoms with Crippen molar-refractivity contribution in [2.24, 2.45) is 10.3 Å². The quantitative estimate of drug-likeness (QED) is 0.735. The van der Waals surface area contributed by atoms with E-state index in [9.17, 15) is 9.00 Å². The van der Waals surface area contributed by atoms with Crippen LogP contribution in [0.2, 0.25) is 0 Å². The molecule has 1 aliphatic rings. The average Bonchev–Trinajstić information content (AvgIpc) is 2.33. The molecule has 1 atom stereocenters. The lowest BCUT2D eigenvalue weighted by Crippen LogP contribution is -2.42. The van der Waals surface area contributed by atoms with Gasteiger partial charge in [0.2, 0.25) is 0 Å². The van der Waals surface area contributed by atoms with Crippen molar-refractivity contribution in [1.82, 2.24) is 4.90 Å². The first-order valence-electron chi connectivity index (χ1n) is 7.43. The van der Waals surface area contributed by atoms with E-state index in [1.807, 2.05) is 41.5 Å². The van der Waals surface area contributed by atoms with Gasteiger partial charge in [-0.2, -0.15) is 4.40 Å². The Balaban J connectivity index is 2.44. The molecule has 1 heterocycles. The summed E-state index contributed by atoms with van der Waals surface area (Å²) in [4.78, 5) is 13.7. The topological polar surface area (TPSA) is 59.0 Å². The summed E-state index contributed by atoms with van der Waals surface area (Å²) < 4.78 is 21.1. The predicted molar refractivity (Wildman–Crippen MR) is 86.9 cm³/mol. The van der Waals surface area contributed by atoms with Crippen molar-refractivity contribution in [3.8, 4) is 0 Å². The van der Waals surface area contributed by atoms with Gasteiger partial charge in [0, 0.05) is 19.3 Å². The number of amides is 1. The van der Waals surface area contributed by atoms with Gasteiger partial charge in [-0.3, -0.25) is 0 Å². The molecule has 0 aromatic carbocycles. The van der Waals surface area contributed by atoms with Crippen LogP contribution in [-0.4, -0.2) is 44.9 Å². The van der Waals surface area contributed by atoms with Gasteiger partial charge in [-0.05, 0) is 60.3 Å². The summed E-state index contributed by atoms with van der Waals surface area (Å²) in [5.41, 5.74) is -0.459. The number of piperidine rings is 1. The van der Waals surface area contributed by atoms with Crippen LogP contribution < -0.4 is 0 Å². The molecule has 5 nitrogen and oxygen atoms in total. The first kappa shape index (κ1) is 18.1. The molecule has 122 valence electrons. The third-order valence-electron chi connectivity index (χ3n) is 3.08. The van der Waals surface area contributed by atoms with E-state index in [1.165, 1.54) is 0 Å². The molecule has 0 bridgehead atoms. The molecule has 1 rings (SSSR count). The molecule has 6 heteroatoms. The highest BCUT2D eigenvalue weighted by molar-refractivity contribution is 7.85. The number of hydrogen-bond acceptors (Lipinski definition) is 3. The SMILES string of the molecule is CC(C)(C)OC(=O)N1CCC(C=N[S@@](=O)C(C)(C)C)CC1. The van der Waals surface area contributed by atoms with Crippen molar-refractivity contribution in [2.45, 2.75) is 64.7 Å². The van der Waals surface area contributed by atoms with Gasteiger partial charge in [0.15, 0.2) is 0 Å². The van der Waals surface area contributed by atoms with Crippen LogP contribution in [0.25, 0.3) is 0 Å². The monoisotopic (exact) mass is 316 g/mol. The maximum Gasteiger partial charge on any atom is 0.410 e. The van der Waals surface area contributed by atoms with E-state index in [0.717, 1.165) is 12.8 Å². The summed E-state index contributed by atoms with van der Waals surface area (Å²) in [5.74, 6) is 0.287. The van der Waals surface area contributed by atoms with Gasteiger partial charge in [-0.25, -0.2) is 9.00 Å². The van der Waals surface area contributed by atoms with Crippen LogP contribution in [0, 0.1) is 5.92 Å². The lowest BCUT2D eigenvalue weighted by molar-refractivity contribution is 0.0203. The van der Waals surface area contributed by atoms with E-state index in [0.29, 0.717) is 13.1 Å². The van der Waals surface area contributed by atoms with E-state index in [4.69, 9.17) is 4.74 Å². The Kier molecular flexibility index (Phi) is 5.96. The van der Waals surface area contributed by atoms with Crippen molar-refractivity contribution >= 4 is 23.3 Å². The highest BCUT2D eigenvalue weighted by Gasteiger charge is 2.26. The lowest BCUT2D eigenvalue weighted by atomic mass is 9.99. The predicted octanol–water partition coefficient (Wildman–Crippen LogP) is 3.17. The van der Waals surface area contributed by atoms with Crippen molar-refractivity contribution in [3.63, 3.8) is 0 Å². The van der Waals surface area contributed by atoms with E-state index in [1.54, 1.807) is 11.1 Å². The van der Waals surface area contributed by atoms with Crippen LogP contribution in [0.5, 0.6) is 0 Å². The second-order valence-corrected chi connectivity index (χ2v) is 9.35. The maximum absolute atomic E-state index is 11.9. The first-order valence-corrected chi connectivity index (χ1v) is 8.54. The van der Waals surface area contributed by atoms with Gasteiger partial charge in [-0.15, -0.1) is 0 Å². The number of likely N-dealkylation sites (tertiary alicyclic amines) is 1. The fourth-order valence-corrected chi connectivity index (χ4v) is 2.46. The fourth-order valence-electron chi connectivity index (χ4n) is 1.86. The zero-order valence-electron chi connectivity index (χ0n) is 14.0. The summed E-state index contributed by atoms with van der Waals surface area (Å²) in [5, 5.41) is 0. The Morgan fingerprint density at radius 2 is 1.71 bits per heavy atom. The van der Waals surface area contributed by atoms with Crippen molar-refractivity contribution < 1.29 is 13.7 Å². The second kappa shape index (κ2) is 6.90. The minimum Gasteiger partial charge on any atom is -0.444 e. The zero-order valence-corrected chi connectivity index (χ0v) is 14.8. The average molecular weight is 316 g/mol. The summed E-state index contributed by atoms with van der Waals surface area (Å²) >= 11 is 0. The van der Waals surface area contributed by atoms with Crippen molar-refractivity contribution in [1.29, 1.82) is 0 Å². The normalized spacial score (nSPS) is 19.8. The summed E-state index contributed by atoms with van der Waals surface area (Å²) in [7, 11) is -1.21. The van der Waals surface area contributed by atoms with Gasteiger partial charge in [0.05, 0.1) is 4.75 Å². The minimum absolute atomic E-state index is 0.254. The van der Waals surface area contributed by atoms with Crippen molar-refractivity contribution in [2.75, 3.05) is 13.1 Å². The molecule has 0 saturated carbocycles. The highest BCUT2D eigenvalue weighted by atomic mass is 32.2. The Bertz CT molecular complexity index is 414.